The van der Waals surface area contributed by atoms with E-state index in [1.165, 1.54) is 9.47 Å². The number of hydrogen-bond donors (Lipinski definition) is 1. The molecule has 156 valence electrons. The molecule has 5 rings (SSSR count). The number of carboxylic acid groups (broad SMARTS) is 1. The quantitative estimate of drug-likeness (QED) is 0.523. The maximum absolute atomic E-state index is 13.0. The van der Waals surface area contributed by atoms with Gasteiger partial charge in [0, 0.05) is 26.3 Å². The molecule has 11 nitrogen and oxygen atoms in total. The van der Waals surface area contributed by atoms with Gasteiger partial charge in [-0.05, 0) is 25.0 Å². The van der Waals surface area contributed by atoms with E-state index in [1.54, 1.807) is 46.9 Å². The lowest BCUT2D eigenvalue weighted by Crippen LogP contribution is -2.42. The van der Waals surface area contributed by atoms with Crippen molar-refractivity contribution in [2.24, 2.45) is 7.05 Å². The molecule has 1 saturated heterocycles. The van der Waals surface area contributed by atoms with Gasteiger partial charge < -0.3 is 10.0 Å². The van der Waals surface area contributed by atoms with Gasteiger partial charge in [-0.3, -0.25) is 9.13 Å². The number of nitrogens with zero attached hydrogens (tertiary/aromatic N) is 8. The number of pyridine rings is 1. The van der Waals surface area contributed by atoms with Crippen molar-refractivity contribution in [2.75, 3.05) is 13.1 Å². The second kappa shape index (κ2) is 6.94. The van der Waals surface area contributed by atoms with Crippen molar-refractivity contribution in [3.05, 3.63) is 46.8 Å². The summed E-state index contributed by atoms with van der Waals surface area (Å²) in [5.74, 6) is 0.378. The molecule has 1 unspecified atom stereocenters. The lowest BCUT2D eigenvalue weighted by Gasteiger charge is -2.31. The van der Waals surface area contributed by atoms with Crippen LogP contribution in [0.1, 0.15) is 24.4 Å². The van der Waals surface area contributed by atoms with Crippen molar-refractivity contribution in [1.29, 1.82) is 5.26 Å². The van der Waals surface area contributed by atoms with Crippen LogP contribution in [0.3, 0.4) is 0 Å². The number of piperidine rings is 1. The van der Waals surface area contributed by atoms with Crippen LogP contribution in [0.5, 0.6) is 0 Å². The molecule has 0 aliphatic carbocycles. The normalized spacial score (nSPS) is 16.6. The Bertz CT molecular complexity index is 1440. The molecule has 1 aliphatic heterocycles. The van der Waals surface area contributed by atoms with Crippen molar-refractivity contribution in [3.63, 3.8) is 0 Å². The fraction of sp³-hybridized carbons (Fsp3) is 0.300. The predicted octanol–water partition coefficient (Wildman–Crippen LogP) is 1.63. The molecule has 1 amide bonds. The summed E-state index contributed by atoms with van der Waals surface area (Å²) in [6.45, 7) is 0.686. The third-order valence-corrected chi connectivity index (χ3v) is 5.76. The zero-order valence-electron chi connectivity index (χ0n) is 16.6. The summed E-state index contributed by atoms with van der Waals surface area (Å²) in [7, 11) is 1.65. The second-order valence-electron chi connectivity index (χ2n) is 7.55. The molecule has 0 radical (unpaired) electrons. The van der Waals surface area contributed by atoms with Crippen molar-refractivity contribution in [1.82, 2.24) is 33.6 Å². The standard InChI is InChI=1S/C20H18N8O3/c1-25-16-10-22-17(14-9-23-27-6-4-12(8-21)7-15(14)27)24-18(16)28(19(25)29)13-3-2-5-26(11-13)20(30)31/h4,6-7,9-10,13H,2-3,5,11H2,1H3,(H,30,31). The Morgan fingerprint density at radius 3 is 2.94 bits per heavy atom. The van der Waals surface area contributed by atoms with Gasteiger partial charge in [0.2, 0.25) is 0 Å². The molecule has 4 aromatic heterocycles. The first-order chi connectivity index (χ1) is 15.0. The van der Waals surface area contributed by atoms with Crippen LogP contribution >= 0.6 is 0 Å². The van der Waals surface area contributed by atoms with Crippen LogP contribution in [0.15, 0.2) is 35.5 Å². The summed E-state index contributed by atoms with van der Waals surface area (Å²) < 4.78 is 4.68. The zero-order chi connectivity index (χ0) is 21.7. The number of imidazole rings is 1. The van der Waals surface area contributed by atoms with Crippen LogP contribution in [0.2, 0.25) is 0 Å². The Morgan fingerprint density at radius 2 is 2.16 bits per heavy atom. The van der Waals surface area contributed by atoms with Gasteiger partial charge in [0.05, 0.1) is 41.1 Å². The smallest absolute Gasteiger partial charge is 0.407 e. The number of carbonyl (C=O) groups is 1. The number of hydrogen-bond acceptors (Lipinski definition) is 6. The summed E-state index contributed by atoms with van der Waals surface area (Å²) in [6, 6.07) is 5.18. The predicted molar refractivity (Wildman–Crippen MR) is 110 cm³/mol. The fourth-order valence-corrected chi connectivity index (χ4v) is 4.16. The van der Waals surface area contributed by atoms with E-state index < -0.39 is 6.09 Å². The molecular formula is C20H18N8O3. The Hall–Kier alpha value is -4.20. The molecular weight excluding hydrogens is 400 g/mol. The number of nitriles is 1. The van der Waals surface area contributed by atoms with E-state index in [0.29, 0.717) is 53.0 Å². The van der Waals surface area contributed by atoms with Gasteiger partial charge in [0.1, 0.15) is 5.52 Å². The molecule has 1 fully saturated rings. The van der Waals surface area contributed by atoms with Gasteiger partial charge in [-0.2, -0.15) is 10.4 Å². The maximum atomic E-state index is 13.0. The first kappa shape index (κ1) is 18.8. The van der Waals surface area contributed by atoms with E-state index in [-0.39, 0.29) is 18.3 Å². The highest BCUT2D eigenvalue weighted by molar-refractivity contribution is 5.80. The summed E-state index contributed by atoms with van der Waals surface area (Å²) in [5, 5.41) is 22.9. The Kier molecular flexibility index (Phi) is 4.21. The SMILES string of the molecule is Cn1c(=O)n(C2CCCN(C(=O)O)C2)c2nc(-c3cnn4ccc(C#N)cc34)ncc21. The number of amides is 1. The first-order valence-corrected chi connectivity index (χ1v) is 9.77. The molecule has 1 aliphatic rings. The minimum absolute atomic E-state index is 0.232. The summed E-state index contributed by atoms with van der Waals surface area (Å²) in [5.41, 5.74) is 2.56. The van der Waals surface area contributed by atoms with Crippen molar-refractivity contribution < 1.29 is 9.90 Å². The number of fused-ring (bicyclic) bond motifs is 2. The Labute approximate surface area is 175 Å². The van der Waals surface area contributed by atoms with E-state index in [2.05, 4.69) is 21.1 Å². The van der Waals surface area contributed by atoms with E-state index in [9.17, 15) is 20.0 Å². The molecule has 0 saturated carbocycles. The monoisotopic (exact) mass is 418 g/mol. The summed E-state index contributed by atoms with van der Waals surface area (Å²) >= 11 is 0. The molecule has 1 N–H and O–H groups in total. The second-order valence-corrected chi connectivity index (χ2v) is 7.55. The molecule has 0 aromatic carbocycles. The van der Waals surface area contributed by atoms with Gasteiger partial charge in [0.15, 0.2) is 11.5 Å². The topological polar surface area (TPSA) is 134 Å². The maximum Gasteiger partial charge on any atom is 0.407 e. The van der Waals surface area contributed by atoms with Crippen LogP contribution in [0.25, 0.3) is 28.1 Å². The third-order valence-electron chi connectivity index (χ3n) is 5.76. The van der Waals surface area contributed by atoms with Gasteiger partial charge in [-0.25, -0.2) is 24.1 Å². The average molecular weight is 418 g/mol. The first-order valence-electron chi connectivity index (χ1n) is 9.77. The minimum atomic E-state index is -0.993. The average Bonchev–Trinajstić information content (AvgIpc) is 3.32. The molecule has 4 aromatic rings. The molecule has 0 spiro atoms. The lowest BCUT2D eigenvalue weighted by molar-refractivity contribution is 0.121. The third kappa shape index (κ3) is 2.92. The minimum Gasteiger partial charge on any atom is -0.465 e. The highest BCUT2D eigenvalue weighted by Crippen LogP contribution is 2.27. The number of likely N-dealkylation sites (tertiary alicyclic amines) is 1. The number of aryl methyl sites for hydroxylation is 1. The summed E-state index contributed by atoms with van der Waals surface area (Å²) in [4.78, 5) is 34.9. The van der Waals surface area contributed by atoms with Crippen LogP contribution in [0, 0.1) is 11.3 Å². The highest BCUT2D eigenvalue weighted by atomic mass is 16.4. The number of rotatable bonds is 2. The molecule has 0 bridgehead atoms. The molecule has 11 heteroatoms. The van der Waals surface area contributed by atoms with Crippen LogP contribution in [-0.4, -0.2) is 57.9 Å². The van der Waals surface area contributed by atoms with E-state index in [0.717, 1.165) is 0 Å². The van der Waals surface area contributed by atoms with Crippen LogP contribution in [-0.2, 0) is 7.05 Å². The summed E-state index contributed by atoms with van der Waals surface area (Å²) in [6.07, 6.45) is 5.26. The van der Waals surface area contributed by atoms with Crippen molar-refractivity contribution >= 4 is 22.8 Å². The van der Waals surface area contributed by atoms with Gasteiger partial charge in [-0.15, -0.1) is 0 Å². The van der Waals surface area contributed by atoms with E-state index in [4.69, 9.17) is 0 Å². The largest absolute Gasteiger partial charge is 0.465 e. The Morgan fingerprint density at radius 1 is 1.32 bits per heavy atom. The van der Waals surface area contributed by atoms with Crippen molar-refractivity contribution in [2.45, 2.75) is 18.9 Å². The zero-order valence-corrected chi connectivity index (χ0v) is 16.6. The molecule has 31 heavy (non-hydrogen) atoms. The number of aromatic nitrogens is 6. The van der Waals surface area contributed by atoms with Crippen LogP contribution < -0.4 is 5.69 Å². The van der Waals surface area contributed by atoms with E-state index in [1.807, 2.05) is 0 Å². The molecule has 1 atom stereocenters. The fourth-order valence-electron chi connectivity index (χ4n) is 4.16. The van der Waals surface area contributed by atoms with Gasteiger partial charge >= 0.3 is 11.8 Å². The highest BCUT2D eigenvalue weighted by Gasteiger charge is 2.28. The van der Waals surface area contributed by atoms with E-state index >= 15 is 0 Å². The van der Waals surface area contributed by atoms with Gasteiger partial charge in [-0.1, -0.05) is 0 Å². The van der Waals surface area contributed by atoms with Gasteiger partial charge in [0.25, 0.3) is 0 Å². The van der Waals surface area contributed by atoms with Crippen molar-refractivity contribution in [3.8, 4) is 17.5 Å². The molecule has 5 heterocycles. The lowest BCUT2D eigenvalue weighted by atomic mass is 10.1. The van der Waals surface area contributed by atoms with Crippen LogP contribution in [0.4, 0.5) is 4.79 Å². The Balaban J connectivity index is 1.67.